The maximum atomic E-state index is 11.5. The summed E-state index contributed by atoms with van der Waals surface area (Å²) in [4.78, 5) is 11.5. The van der Waals surface area contributed by atoms with Crippen LogP contribution in [0.1, 0.15) is 10.4 Å². The summed E-state index contributed by atoms with van der Waals surface area (Å²) in [6, 6.07) is 6.43. The molecule has 0 atom stereocenters. The van der Waals surface area contributed by atoms with E-state index in [1.54, 1.807) is 18.2 Å². The van der Waals surface area contributed by atoms with Crippen molar-refractivity contribution in [2.45, 2.75) is 0 Å². The van der Waals surface area contributed by atoms with E-state index < -0.39 is 11.8 Å². The highest BCUT2D eigenvalue weighted by Gasteiger charge is 2.11. The van der Waals surface area contributed by atoms with Crippen molar-refractivity contribution in [2.24, 2.45) is 10.8 Å². The van der Waals surface area contributed by atoms with E-state index in [1.165, 1.54) is 13.2 Å². The Morgan fingerprint density at radius 2 is 2.32 bits per heavy atom. The molecule has 1 rings (SSSR count). The summed E-state index contributed by atoms with van der Waals surface area (Å²) in [6.07, 6.45) is 0. The van der Waals surface area contributed by atoms with Crippen LogP contribution in [0.5, 0.6) is 0 Å². The Morgan fingerprint density at radius 1 is 1.63 bits per heavy atom. The number of rotatable bonds is 4. The van der Waals surface area contributed by atoms with Gasteiger partial charge in [-0.25, -0.2) is 4.79 Å². The van der Waals surface area contributed by atoms with E-state index >= 15 is 0 Å². The smallest absolute Gasteiger partial charge is 0.339 e. The van der Waals surface area contributed by atoms with Gasteiger partial charge in [-0.1, -0.05) is 0 Å². The number of halogens is 1. The molecule has 7 nitrogen and oxygen atoms in total. The molecule has 0 bridgehead atoms. The van der Waals surface area contributed by atoms with Gasteiger partial charge in [0.05, 0.1) is 18.4 Å². The molecular weight excluding hydrogens is 314 g/mol. The van der Waals surface area contributed by atoms with Crippen LogP contribution < -0.4 is 11.2 Å². The van der Waals surface area contributed by atoms with Crippen molar-refractivity contribution in [2.75, 3.05) is 12.5 Å². The van der Waals surface area contributed by atoms with Crippen LogP contribution in [0, 0.1) is 16.7 Å². The van der Waals surface area contributed by atoms with Gasteiger partial charge in [-0.15, -0.1) is 0 Å². The van der Waals surface area contributed by atoms with Crippen LogP contribution in [0.25, 0.3) is 0 Å². The van der Waals surface area contributed by atoms with Crippen LogP contribution in [0.2, 0.25) is 0 Å². The average Bonchev–Trinajstić information content (AvgIpc) is 2.40. The number of hydrogen-bond acceptors (Lipinski definition) is 6. The topological polar surface area (TPSA) is 124 Å². The molecule has 0 aliphatic rings. The molecule has 98 valence electrons. The number of nitrogens with zero attached hydrogens (tertiary/aromatic N) is 2. The zero-order valence-corrected chi connectivity index (χ0v) is 11.5. The first kappa shape index (κ1) is 14.7. The van der Waals surface area contributed by atoms with Crippen LogP contribution in [-0.2, 0) is 4.74 Å². The van der Waals surface area contributed by atoms with E-state index in [2.05, 4.69) is 31.2 Å². The van der Waals surface area contributed by atoms with Crippen molar-refractivity contribution in [1.82, 2.24) is 0 Å². The largest absolute Gasteiger partial charge is 0.465 e. The number of nitrogens with one attached hydrogen (secondary N) is 2. The number of nitriles is 1. The quantitative estimate of drug-likeness (QED) is 0.335. The van der Waals surface area contributed by atoms with Gasteiger partial charge in [0, 0.05) is 4.47 Å². The third-order valence-corrected chi connectivity index (χ3v) is 2.72. The lowest BCUT2D eigenvalue weighted by atomic mass is 10.2. The molecule has 0 aromatic heterocycles. The summed E-state index contributed by atoms with van der Waals surface area (Å²) in [5, 5.41) is 19.4. The van der Waals surface area contributed by atoms with Gasteiger partial charge in [0.15, 0.2) is 5.84 Å². The number of carbonyl (C=O) groups is 1. The number of methoxy groups -OCH3 is 1. The Kier molecular flexibility index (Phi) is 5.02. The SMILES string of the molecule is COC(=O)c1cc(N/N=C(\C#N)C(=N)N)ccc1Br. The molecule has 0 saturated heterocycles. The molecule has 0 heterocycles. The summed E-state index contributed by atoms with van der Waals surface area (Å²) >= 11 is 3.22. The van der Waals surface area contributed by atoms with E-state index in [9.17, 15) is 4.79 Å². The first-order chi connectivity index (χ1) is 8.99. The van der Waals surface area contributed by atoms with Crippen molar-refractivity contribution >= 4 is 39.1 Å². The molecular formula is C11H10BrN5O2. The number of carbonyl (C=O) groups excluding carboxylic acids is 1. The Balaban J connectivity index is 3.02. The number of anilines is 1. The maximum Gasteiger partial charge on any atom is 0.339 e. The van der Waals surface area contributed by atoms with E-state index in [0.717, 1.165) is 0 Å². The van der Waals surface area contributed by atoms with Gasteiger partial charge in [0.2, 0.25) is 5.71 Å². The molecule has 0 unspecified atom stereocenters. The van der Waals surface area contributed by atoms with Gasteiger partial charge in [-0.3, -0.25) is 10.8 Å². The van der Waals surface area contributed by atoms with E-state index in [0.29, 0.717) is 15.7 Å². The van der Waals surface area contributed by atoms with Crippen LogP contribution in [0.15, 0.2) is 27.8 Å². The Hall–Kier alpha value is -2.40. The minimum atomic E-state index is -0.508. The van der Waals surface area contributed by atoms with Crippen LogP contribution >= 0.6 is 15.9 Å². The van der Waals surface area contributed by atoms with Crippen molar-refractivity contribution in [1.29, 1.82) is 10.7 Å². The fourth-order valence-electron chi connectivity index (χ4n) is 1.13. The second-order valence-electron chi connectivity index (χ2n) is 3.28. The van der Waals surface area contributed by atoms with Crippen molar-refractivity contribution in [3.05, 3.63) is 28.2 Å². The van der Waals surface area contributed by atoms with Gasteiger partial charge >= 0.3 is 5.97 Å². The molecule has 1 aromatic rings. The van der Waals surface area contributed by atoms with Gasteiger partial charge in [-0.2, -0.15) is 10.4 Å². The number of ether oxygens (including phenoxy) is 1. The van der Waals surface area contributed by atoms with Crippen molar-refractivity contribution in [3.63, 3.8) is 0 Å². The minimum Gasteiger partial charge on any atom is -0.465 e. The molecule has 0 saturated carbocycles. The summed E-state index contributed by atoms with van der Waals surface area (Å²) in [5.41, 5.74) is 8.20. The summed E-state index contributed by atoms with van der Waals surface area (Å²) in [5.74, 6) is -0.952. The minimum absolute atomic E-state index is 0.248. The van der Waals surface area contributed by atoms with Crippen LogP contribution in [0.4, 0.5) is 5.69 Å². The second-order valence-corrected chi connectivity index (χ2v) is 4.14. The molecule has 0 spiro atoms. The molecule has 0 fully saturated rings. The van der Waals surface area contributed by atoms with Crippen molar-refractivity contribution < 1.29 is 9.53 Å². The van der Waals surface area contributed by atoms with Gasteiger partial charge in [0.1, 0.15) is 6.07 Å². The molecule has 8 heteroatoms. The molecule has 4 N–H and O–H groups in total. The van der Waals surface area contributed by atoms with Crippen LogP contribution in [-0.4, -0.2) is 24.6 Å². The van der Waals surface area contributed by atoms with Gasteiger partial charge in [-0.05, 0) is 34.1 Å². The fourth-order valence-corrected chi connectivity index (χ4v) is 1.54. The third-order valence-electron chi connectivity index (χ3n) is 2.03. The Bertz CT molecular complexity index is 591. The lowest BCUT2D eigenvalue weighted by Crippen LogP contribution is -2.21. The second kappa shape index (κ2) is 6.51. The predicted molar refractivity (Wildman–Crippen MR) is 74.1 cm³/mol. The molecule has 0 aliphatic heterocycles. The normalized spacial score (nSPS) is 10.5. The summed E-state index contributed by atoms with van der Waals surface area (Å²) in [7, 11) is 1.27. The molecule has 19 heavy (non-hydrogen) atoms. The monoisotopic (exact) mass is 323 g/mol. The number of amidine groups is 1. The van der Waals surface area contributed by atoms with Gasteiger partial charge < -0.3 is 10.5 Å². The number of hydrogen-bond donors (Lipinski definition) is 3. The fraction of sp³-hybridized carbons (Fsp3) is 0.0909. The first-order valence-corrected chi connectivity index (χ1v) is 5.75. The highest BCUT2D eigenvalue weighted by molar-refractivity contribution is 9.10. The maximum absolute atomic E-state index is 11.5. The average molecular weight is 324 g/mol. The lowest BCUT2D eigenvalue weighted by Gasteiger charge is -2.06. The molecule has 1 aromatic carbocycles. The number of esters is 1. The van der Waals surface area contributed by atoms with Crippen molar-refractivity contribution in [3.8, 4) is 6.07 Å². The van der Waals surface area contributed by atoms with Crippen LogP contribution in [0.3, 0.4) is 0 Å². The molecule has 0 amide bonds. The lowest BCUT2D eigenvalue weighted by molar-refractivity contribution is 0.0599. The number of hydrazone groups is 1. The Morgan fingerprint density at radius 3 is 2.84 bits per heavy atom. The molecule has 0 aliphatic carbocycles. The number of benzene rings is 1. The highest BCUT2D eigenvalue weighted by atomic mass is 79.9. The first-order valence-electron chi connectivity index (χ1n) is 4.95. The summed E-state index contributed by atoms with van der Waals surface area (Å²) in [6.45, 7) is 0. The van der Waals surface area contributed by atoms with E-state index in [1.807, 2.05) is 0 Å². The van der Waals surface area contributed by atoms with E-state index in [4.69, 9.17) is 16.4 Å². The summed E-state index contributed by atoms with van der Waals surface area (Å²) < 4.78 is 5.19. The third kappa shape index (κ3) is 3.79. The number of nitrogens with two attached hydrogens (primary N) is 1. The standard InChI is InChI=1S/C11H10BrN5O2/c1-19-11(18)7-4-6(2-3-8(7)12)16-17-9(5-13)10(14)15/h2-4,16H,1H3,(H3,14,15)/b17-9+. The van der Waals surface area contributed by atoms with E-state index in [-0.39, 0.29) is 5.71 Å². The Labute approximate surface area is 117 Å². The zero-order chi connectivity index (χ0) is 14.4. The molecule has 0 radical (unpaired) electrons. The highest BCUT2D eigenvalue weighted by Crippen LogP contribution is 2.21. The van der Waals surface area contributed by atoms with Gasteiger partial charge in [0.25, 0.3) is 0 Å². The zero-order valence-electron chi connectivity index (χ0n) is 9.90. The predicted octanol–water partition coefficient (Wildman–Crippen LogP) is 1.46.